The first-order chi connectivity index (χ1) is 8.17. The fraction of sp³-hybridized carbons (Fsp3) is 0.167. The second kappa shape index (κ2) is 5.31. The lowest BCUT2D eigenvalue weighted by atomic mass is 10.3. The van der Waals surface area contributed by atoms with E-state index in [1.807, 2.05) is 31.2 Å². The number of halogens is 1. The van der Waals surface area contributed by atoms with Gasteiger partial charge in [-0.2, -0.15) is 0 Å². The van der Waals surface area contributed by atoms with Gasteiger partial charge in [-0.25, -0.2) is 9.97 Å². The molecule has 17 heavy (non-hydrogen) atoms. The van der Waals surface area contributed by atoms with Gasteiger partial charge in [0.05, 0.1) is 0 Å². The van der Waals surface area contributed by atoms with Gasteiger partial charge in [-0.3, -0.25) is 0 Å². The predicted molar refractivity (Wildman–Crippen MR) is 78.3 cm³/mol. The maximum atomic E-state index is 5.72. The highest BCUT2D eigenvalue weighted by Crippen LogP contribution is 2.17. The molecule has 0 unspecified atom stereocenters. The molecular formula is C12H13IN4. The maximum Gasteiger partial charge on any atom is 0.136 e. The fourth-order valence-corrected chi connectivity index (χ4v) is 1.78. The molecule has 3 N–H and O–H groups in total. The minimum Gasteiger partial charge on any atom is -0.384 e. The monoisotopic (exact) mass is 340 g/mol. The molecule has 0 aliphatic carbocycles. The second-order valence-corrected chi connectivity index (χ2v) is 4.83. The lowest BCUT2D eigenvalue weighted by Gasteiger charge is -2.07. The van der Waals surface area contributed by atoms with Crippen LogP contribution in [0.1, 0.15) is 12.7 Å². The number of nitrogens with zero attached hydrogens (tertiary/aromatic N) is 2. The van der Waals surface area contributed by atoms with Crippen LogP contribution >= 0.6 is 22.6 Å². The number of rotatable bonds is 3. The summed E-state index contributed by atoms with van der Waals surface area (Å²) in [4.78, 5) is 8.50. The molecule has 5 heteroatoms. The first-order valence-electron chi connectivity index (χ1n) is 5.33. The molecule has 2 rings (SSSR count). The molecule has 1 heterocycles. The van der Waals surface area contributed by atoms with Crippen molar-refractivity contribution >= 4 is 39.9 Å². The van der Waals surface area contributed by atoms with E-state index in [1.165, 1.54) is 3.57 Å². The van der Waals surface area contributed by atoms with Gasteiger partial charge in [-0.1, -0.05) is 6.92 Å². The van der Waals surface area contributed by atoms with E-state index in [-0.39, 0.29) is 0 Å². The van der Waals surface area contributed by atoms with Gasteiger partial charge in [0.25, 0.3) is 0 Å². The third-order valence-electron chi connectivity index (χ3n) is 2.23. The molecule has 4 nitrogen and oxygen atoms in total. The van der Waals surface area contributed by atoms with Crippen LogP contribution in [-0.4, -0.2) is 9.97 Å². The zero-order valence-electron chi connectivity index (χ0n) is 9.44. The van der Waals surface area contributed by atoms with Gasteiger partial charge in [-0.15, -0.1) is 0 Å². The van der Waals surface area contributed by atoms with Crippen molar-refractivity contribution in [1.29, 1.82) is 0 Å². The molecule has 0 saturated carbocycles. The zero-order chi connectivity index (χ0) is 12.3. The van der Waals surface area contributed by atoms with E-state index in [9.17, 15) is 0 Å². The number of hydrogen-bond acceptors (Lipinski definition) is 4. The van der Waals surface area contributed by atoms with E-state index >= 15 is 0 Å². The Hall–Kier alpha value is -1.37. The van der Waals surface area contributed by atoms with Crippen LogP contribution in [0.4, 0.5) is 17.3 Å². The average Bonchev–Trinajstić information content (AvgIpc) is 2.31. The van der Waals surface area contributed by atoms with E-state index in [0.29, 0.717) is 5.82 Å². The molecule has 0 bridgehead atoms. The maximum absolute atomic E-state index is 5.72. The molecule has 0 aliphatic rings. The van der Waals surface area contributed by atoms with Crippen LogP contribution < -0.4 is 11.1 Å². The van der Waals surface area contributed by atoms with Crippen LogP contribution in [0.2, 0.25) is 0 Å². The number of nitrogen functional groups attached to an aromatic ring is 1. The molecular weight excluding hydrogens is 327 g/mol. The Labute approximate surface area is 114 Å². The van der Waals surface area contributed by atoms with Gasteiger partial charge in [0.15, 0.2) is 0 Å². The molecule has 0 radical (unpaired) electrons. The topological polar surface area (TPSA) is 63.8 Å². The van der Waals surface area contributed by atoms with E-state index in [1.54, 1.807) is 6.07 Å². The summed E-state index contributed by atoms with van der Waals surface area (Å²) in [5.41, 5.74) is 6.71. The van der Waals surface area contributed by atoms with Crippen LogP contribution in [-0.2, 0) is 6.42 Å². The van der Waals surface area contributed by atoms with Crippen molar-refractivity contribution in [2.75, 3.05) is 11.1 Å². The number of nitrogens with two attached hydrogens (primary N) is 1. The largest absolute Gasteiger partial charge is 0.384 e. The molecule has 0 aliphatic heterocycles. The Morgan fingerprint density at radius 1 is 1.24 bits per heavy atom. The van der Waals surface area contributed by atoms with Crippen molar-refractivity contribution in [3.05, 3.63) is 39.7 Å². The Balaban J connectivity index is 2.23. The predicted octanol–water partition coefficient (Wildman–Crippen LogP) is 2.97. The van der Waals surface area contributed by atoms with Gasteiger partial charge in [0, 0.05) is 21.7 Å². The quantitative estimate of drug-likeness (QED) is 0.844. The molecule has 88 valence electrons. The molecule has 0 fully saturated rings. The Morgan fingerprint density at radius 3 is 2.59 bits per heavy atom. The molecule has 2 aromatic rings. The highest BCUT2D eigenvalue weighted by Gasteiger charge is 2.01. The third-order valence-corrected chi connectivity index (χ3v) is 2.94. The molecule has 0 spiro atoms. The summed E-state index contributed by atoms with van der Waals surface area (Å²) in [5.74, 6) is 1.97. The third kappa shape index (κ3) is 3.29. The first kappa shape index (κ1) is 12.1. The van der Waals surface area contributed by atoms with Crippen LogP contribution in [0.5, 0.6) is 0 Å². The number of anilines is 3. The summed E-state index contributed by atoms with van der Waals surface area (Å²) >= 11 is 2.27. The van der Waals surface area contributed by atoms with Crippen molar-refractivity contribution < 1.29 is 0 Å². The van der Waals surface area contributed by atoms with Crippen molar-refractivity contribution in [1.82, 2.24) is 9.97 Å². The second-order valence-electron chi connectivity index (χ2n) is 3.58. The lowest BCUT2D eigenvalue weighted by Crippen LogP contribution is -2.02. The van der Waals surface area contributed by atoms with Gasteiger partial charge < -0.3 is 11.1 Å². The number of aromatic nitrogens is 2. The fourth-order valence-electron chi connectivity index (χ4n) is 1.42. The Kier molecular flexibility index (Phi) is 3.78. The van der Waals surface area contributed by atoms with E-state index in [2.05, 4.69) is 37.9 Å². The molecule has 0 saturated heterocycles. The van der Waals surface area contributed by atoms with Gasteiger partial charge in [0.2, 0.25) is 0 Å². The van der Waals surface area contributed by atoms with Gasteiger partial charge in [0.1, 0.15) is 17.5 Å². The molecule has 1 aromatic carbocycles. The average molecular weight is 340 g/mol. The minimum absolute atomic E-state index is 0.491. The molecule has 0 amide bonds. The summed E-state index contributed by atoms with van der Waals surface area (Å²) in [5, 5.41) is 3.21. The number of hydrogen-bond donors (Lipinski definition) is 2. The van der Waals surface area contributed by atoms with Crippen LogP contribution in [0.15, 0.2) is 30.3 Å². The SMILES string of the molecule is CCc1nc(N)cc(Nc2ccc(I)cc2)n1. The van der Waals surface area contributed by atoms with Crippen molar-refractivity contribution in [3.63, 3.8) is 0 Å². The first-order valence-corrected chi connectivity index (χ1v) is 6.41. The van der Waals surface area contributed by atoms with E-state index < -0.39 is 0 Å². The summed E-state index contributed by atoms with van der Waals surface area (Å²) in [7, 11) is 0. The van der Waals surface area contributed by atoms with Crippen molar-refractivity contribution in [3.8, 4) is 0 Å². The van der Waals surface area contributed by atoms with Gasteiger partial charge in [-0.05, 0) is 46.9 Å². The van der Waals surface area contributed by atoms with Crippen LogP contribution in [0.3, 0.4) is 0 Å². The van der Waals surface area contributed by atoms with Crippen LogP contribution in [0.25, 0.3) is 0 Å². The standard InChI is InChI=1S/C12H13IN4/c1-2-11-16-10(14)7-12(17-11)15-9-5-3-8(13)4-6-9/h3-7H,2H2,1H3,(H3,14,15,16,17). The van der Waals surface area contributed by atoms with E-state index in [0.717, 1.165) is 23.8 Å². The number of benzene rings is 1. The van der Waals surface area contributed by atoms with Crippen molar-refractivity contribution in [2.24, 2.45) is 0 Å². The molecule has 0 atom stereocenters. The Morgan fingerprint density at radius 2 is 1.94 bits per heavy atom. The minimum atomic E-state index is 0.491. The smallest absolute Gasteiger partial charge is 0.136 e. The normalized spacial score (nSPS) is 10.2. The van der Waals surface area contributed by atoms with E-state index in [4.69, 9.17) is 5.73 Å². The van der Waals surface area contributed by atoms with Crippen LogP contribution in [0, 0.1) is 3.57 Å². The summed E-state index contributed by atoms with van der Waals surface area (Å²) in [6, 6.07) is 9.82. The highest BCUT2D eigenvalue weighted by molar-refractivity contribution is 14.1. The molecule has 1 aromatic heterocycles. The summed E-state index contributed by atoms with van der Waals surface area (Å²) in [6.07, 6.45) is 0.770. The zero-order valence-corrected chi connectivity index (χ0v) is 11.6. The summed E-state index contributed by atoms with van der Waals surface area (Å²) < 4.78 is 1.20. The van der Waals surface area contributed by atoms with Gasteiger partial charge >= 0.3 is 0 Å². The Bertz CT molecular complexity index is 510. The number of aryl methyl sites for hydroxylation is 1. The lowest BCUT2D eigenvalue weighted by molar-refractivity contribution is 0.948. The highest BCUT2D eigenvalue weighted by atomic mass is 127. The number of nitrogens with one attached hydrogen (secondary N) is 1. The summed E-state index contributed by atoms with van der Waals surface area (Å²) in [6.45, 7) is 2.00. The van der Waals surface area contributed by atoms with Crippen molar-refractivity contribution in [2.45, 2.75) is 13.3 Å².